The molecule has 0 saturated carbocycles. The Balaban J connectivity index is 1.70. The van der Waals surface area contributed by atoms with Gasteiger partial charge < -0.3 is 20.2 Å². The number of amides is 2. The van der Waals surface area contributed by atoms with Crippen LogP contribution < -0.4 is 21.3 Å². The van der Waals surface area contributed by atoms with E-state index in [4.69, 9.17) is 14.9 Å². The molecular formula is C26H22FN3O4S. The lowest BCUT2D eigenvalue weighted by Crippen LogP contribution is -2.22. The highest BCUT2D eigenvalue weighted by Crippen LogP contribution is 2.39. The van der Waals surface area contributed by atoms with E-state index in [2.05, 4.69) is 10.3 Å². The fourth-order valence-corrected chi connectivity index (χ4v) is 5.47. The van der Waals surface area contributed by atoms with Crippen LogP contribution in [0.5, 0.6) is 5.75 Å². The normalized spacial score (nSPS) is 13.5. The van der Waals surface area contributed by atoms with Crippen LogP contribution in [0.3, 0.4) is 0 Å². The van der Waals surface area contributed by atoms with Gasteiger partial charge in [-0.1, -0.05) is 12.1 Å². The Labute approximate surface area is 204 Å². The number of rotatable bonds is 5. The molecule has 7 nitrogen and oxygen atoms in total. The summed E-state index contributed by atoms with van der Waals surface area (Å²) in [5, 5.41) is 3.58. The highest BCUT2D eigenvalue weighted by molar-refractivity contribution is 7.16. The van der Waals surface area contributed by atoms with Crippen LogP contribution in [0.25, 0.3) is 11.0 Å². The average Bonchev–Trinajstić information content (AvgIpc) is 3.22. The Morgan fingerprint density at radius 1 is 1.14 bits per heavy atom. The van der Waals surface area contributed by atoms with Crippen molar-refractivity contribution in [2.45, 2.75) is 25.7 Å². The van der Waals surface area contributed by atoms with E-state index in [0.29, 0.717) is 27.3 Å². The molecule has 2 amide bonds. The highest BCUT2D eigenvalue weighted by atomic mass is 32.1. The number of methoxy groups -OCH3 is 1. The molecule has 0 atom stereocenters. The van der Waals surface area contributed by atoms with Crippen molar-refractivity contribution in [3.8, 4) is 5.75 Å². The van der Waals surface area contributed by atoms with Crippen LogP contribution in [0, 0.1) is 5.82 Å². The lowest BCUT2D eigenvalue weighted by atomic mass is 9.95. The number of benzene rings is 2. The predicted octanol–water partition coefficient (Wildman–Crippen LogP) is 5.10. The number of para-hydroxylation sites is 1. The average molecular weight is 492 g/mol. The summed E-state index contributed by atoms with van der Waals surface area (Å²) in [4.78, 5) is 31.3. The van der Waals surface area contributed by atoms with E-state index in [0.717, 1.165) is 36.1 Å². The molecule has 5 rings (SSSR count). The fourth-order valence-electron chi connectivity index (χ4n) is 4.21. The van der Waals surface area contributed by atoms with Crippen LogP contribution >= 0.6 is 11.3 Å². The second-order valence-electron chi connectivity index (χ2n) is 8.17. The number of thiophene rings is 1. The van der Waals surface area contributed by atoms with Gasteiger partial charge in [-0.2, -0.15) is 0 Å². The van der Waals surface area contributed by atoms with E-state index < -0.39 is 17.6 Å². The smallest absolute Gasteiger partial charge is 0.261 e. The van der Waals surface area contributed by atoms with Gasteiger partial charge in [0.25, 0.3) is 11.8 Å². The van der Waals surface area contributed by atoms with Gasteiger partial charge in [0.2, 0.25) is 5.55 Å². The number of carbonyl (C=O) groups excluding carboxylic acids is 2. The predicted molar refractivity (Wildman–Crippen MR) is 132 cm³/mol. The number of halogens is 1. The van der Waals surface area contributed by atoms with Crippen molar-refractivity contribution in [2.24, 2.45) is 10.7 Å². The molecule has 2 aromatic carbocycles. The van der Waals surface area contributed by atoms with E-state index >= 15 is 0 Å². The SMILES string of the molecule is COc1ccc2o/c(=N/c3sc4c(c3C(N)=O)CCCC4)c(C(=O)Nc3ccccc3F)cc2c1. The number of nitrogens with zero attached hydrogens (tertiary/aromatic N) is 1. The molecule has 3 N–H and O–H groups in total. The number of nitrogens with two attached hydrogens (primary N) is 1. The van der Waals surface area contributed by atoms with Gasteiger partial charge in [0.1, 0.15) is 27.7 Å². The Bertz CT molecular complexity index is 1540. The van der Waals surface area contributed by atoms with Crippen LogP contribution in [0.2, 0.25) is 0 Å². The van der Waals surface area contributed by atoms with Crippen molar-refractivity contribution in [2.75, 3.05) is 12.4 Å². The number of hydrogen-bond acceptors (Lipinski definition) is 6. The third-order valence-electron chi connectivity index (χ3n) is 5.92. The van der Waals surface area contributed by atoms with Gasteiger partial charge >= 0.3 is 0 Å². The summed E-state index contributed by atoms with van der Waals surface area (Å²) in [7, 11) is 1.54. The van der Waals surface area contributed by atoms with Crippen molar-refractivity contribution in [1.82, 2.24) is 0 Å². The van der Waals surface area contributed by atoms with Crippen LogP contribution in [-0.2, 0) is 12.8 Å². The molecule has 0 bridgehead atoms. The first-order chi connectivity index (χ1) is 16.9. The van der Waals surface area contributed by atoms with E-state index in [1.165, 1.54) is 36.6 Å². The zero-order valence-electron chi connectivity index (χ0n) is 18.9. The second kappa shape index (κ2) is 9.34. The standard InChI is InChI=1S/C26H22FN3O4S/c1-33-15-10-11-20-14(12-15)13-17(24(32)29-19-8-4-3-7-18(19)27)25(34-20)30-26-22(23(28)31)16-6-2-5-9-21(16)35-26/h3-4,7-8,10-13H,2,5-6,9H2,1H3,(H2,28,31)(H,29,32)/b30-25+. The summed E-state index contributed by atoms with van der Waals surface area (Å²) in [6.07, 6.45) is 3.62. The van der Waals surface area contributed by atoms with E-state index in [9.17, 15) is 14.0 Å². The maximum atomic E-state index is 14.2. The molecule has 1 aliphatic rings. The van der Waals surface area contributed by atoms with E-state index in [1.807, 2.05) is 0 Å². The molecule has 9 heteroatoms. The van der Waals surface area contributed by atoms with Gasteiger partial charge in [0.15, 0.2) is 0 Å². The molecule has 4 aromatic rings. The molecule has 35 heavy (non-hydrogen) atoms. The van der Waals surface area contributed by atoms with Crippen LogP contribution in [0.4, 0.5) is 15.1 Å². The summed E-state index contributed by atoms with van der Waals surface area (Å²) >= 11 is 1.38. The maximum absolute atomic E-state index is 14.2. The summed E-state index contributed by atoms with van der Waals surface area (Å²) in [5.74, 6) is -1.16. The molecular weight excluding hydrogens is 469 g/mol. The van der Waals surface area contributed by atoms with Crippen LogP contribution in [0.15, 0.2) is 57.9 Å². The number of hydrogen-bond donors (Lipinski definition) is 2. The Kier molecular flexibility index (Phi) is 6.08. The monoisotopic (exact) mass is 491 g/mol. The number of anilines is 1. The van der Waals surface area contributed by atoms with Crippen LogP contribution in [0.1, 0.15) is 44.0 Å². The molecule has 2 heterocycles. The van der Waals surface area contributed by atoms with Crippen molar-refractivity contribution in [1.29, 1.82) is 0 Å². The molecule has 178 valence electrons. The fraction of sp³-hybridized carbons (Fsp3) is 0.192. The summed E-state index contributed by atoms with van der Waals surface area (Å²) in [6.45, 7) is 0. The summed E-state index contributed by atoms with van der Waals surface area (Å²) < 4.78 is 25.5. The first kappa shape index (κ1) is 22.8. The van der Waals surface area contributed by atoms with Crippen molar-refractivity contribution < 1.29 is 23.1 Å². The zero-order chi connectivity index (χ0) is 24.5. The minimum absolute atomic E-state index is 0.00222. The van der Waals surface area contributed by atoms with Gasteiger partial charge in [-0.15, -0.1) is 11.3 Å². The number of carbonyl (C=O) groups is 2. The molecule has 1 aliphatic carbocycles. The second-order valence-corrected chi connectivity index (χ2v) is 9.25. The van der Waals surface area contributed by atoms with Gasteiger partial charge in [-0.05, 0) is 67.6 Å². The molecule has 0 saturated heterocycles. The topological polar surface area (TPSA) is 107 Å². The van der Waals surface area contributed by atoms with Gasteiger partial charge in [-0.25, -0.2) is 9.38 Å². The number of primary amides is 1. The third kappa shape index (κ3) is 4.42. The number of nitrogens with one attached hydrogen (secondary N) is 1. The lowest BCUT2D eigenvalue weighted by molar-refractivity contribution is 0.0997. The van der Waals surface area contributed by atoms with Gasteiger partial charge in [0.05, 0.1) is 18.4 Å². The first-order valence-electron chi connectivity index (χ1n) is 11.1. The summed E-state index contributed by atoms with van der Waals surface area (Å²) in [6, 6.07) is 12.6. The third-order valence-corrected chi connectivity index (χ3v) is 7.11. The molecule has 0 aliphatic heterocycles. The lowest BCUT2D eigenvalue weighted by Gasteiger charge is -2.10. The van der Waals surface area contributed by atoms with Gasteiger partial charge in [-0.3, -0.25) is 9.59 Å². The van der Waals surface area contributed by atoms with Crippen LogP contribution in [-0.4, -0.2) is 18.9 Å². The number of aryl methyl sites for hydroxylation is 1. The molecule has 0 spiro atoms. The molecule has 0 fully saturated rings. The first-order valence-corrected chi connectivity index (χ1v) is 11.9. The van der Waals surface area contributed by atoms with Crippen molar-refractivity contribution >= 4 is 44.8 Å². The molecule has 0 unspecified atom stereocenters. The summed E-state index contributed by atoms with van der Waals surface area (Å²) in [5.41, 5.74) is 7.59. The highest BCUT2D eigenvalue weighted by Gasteiger charge is 2.24. The Hall–Kier alpha value is -3.98. The minimum atomic E-state index is -0.607. The molecule has 2 aromatic heterocycles. The minimum Gasteiger partial charge on any atom is -0.497 e. The molecule has 0 radical (unpaired) electrons. The van der Waals surface area contributed by atoms with Crippen molar-refractivity contribution in [3.05, 3.63) is 81.5 Å². The van der Waals surface area contributed by atoms with Gasteiger partial charge in [0, 0.05) is 10.3 Å². The van der Waals surface area contributed by atoms with E-state index in [-0.39, 0.29) is 16.8 Å². The Morgan fingerprint density at radius 3 is 2.71 bits per heavy atom. The number of ether oxygens (including phenoxy) is 1. The quantitative estimate of drug-likeness (QED) is 0.405. The van der Waals surface area contributed by atoms with Crippen molar-refractivity contribution in [3.63, 3.8) is 0 Å². The largest absolute Gasteiger partial charge is 0.497 e. The zero-order valence-corrected chi connectivity index (χ0v) is 19.7. The van der Waals surface area contributed by atoms with E-state index in [1.54, 1.807) is 30.3 Å². The maximum Gasteiger partial charge on any atom is 0.261 e. The Morgan fingerprint density at radius 2 is 1.94 bits per heavy atom. The number of fused-ring (bicyclic) bond motifs is 2.